The maximum absolute atomic E-state index is 13.7. The zero-order valence-electron chi connectivity index (χ0n) is 14.5. The zero-order valence-corrected chi connectivity index (χ0v) is 14.5. The van der Waals surface area contributed by atoms with Gasteiger partial charge in [-0.05, 0) is 30.7 Å². The first kappa shape index (κ1) is 17.7. The lowest BCUT2D eigenvalue weighted by molar-refractivity contribution is 0.252. The SMILES string of the molecule is CCCCNC(=O)Nc1n[nH]c2ccc(OCc3ccccc3F)cc12. The summed E-state index contributed by atoms with van der Waals surface area (Å²) in [5.41, 5.74) is 1.25. The molecule has 0 fully saturated rings. The fourth-order valence-corrected chi connectivity index (χ4v) is 2.49. The molecule has 6 nitrogen and oxygen atoms in total. The molecule has 2 aromatic carbocycles. The Bertz CT molecular complexity index is 894. The number of ether oxygens (including phenoxy) is 1. The first-order chi connectivity index (χ1) is 12.7. The van der Waals surface area contributed by atoms with Gasteiger partial charge in [-0.15, -0.1) is 0 Å². The largest absolute Gasteiger partial charge is 0.489 e. The lowest BCUT2D eigenvalue weighted by Crippen LogP contribution is -2.29. The molecule has 0 radical (unpaired) electrons. The van der Waals surface area contributed by atoms with Crippen molar-refractivity contribution >= 4 is 22.8 Å². The van der Waals surface area contributed by atoms with E-state index in [0.717, 1.165) is 23.7 Å². The number of hydrogen-bond acceptors (Lipinski definition) is 3. The molecule has 3 aromatic rings. The van der Waals surface area contributed by atoms with Gasteiger partial charge in [0, 0.05) is 17.5 Å². The highest BCUT2D eigenvalue weighted by molar-refractivity contribution is 5.99. The van der Waals surface area contributed by atoms with Crippen LogP contribution < -0.4 is 15.4 Å². The number of anilines is 1. The number of halogens is 1. The number of rotatable bonds is 7. The predicted octanol–water partition coefficient (Wildman–Crippen LogP) is 4.20. The predicted molar refractivity (Wildman–Crippen MR) is 98.8 cm³/mol. The van der Waals surface area contributed by atoms with E-state index in [4.69, 9.17) is 4.74 Å². The van der Waals surface area contributed by atoms with Crippen LogP contribution in [0.4, 0.5) is 15.0 Å². The fourth-order valence-electron chi connectivity index (χ4n) is 2.49. The van der Waals surface area contributed by atoms with Gasteiger partial charge in [-0.3, -0.25) is 10.4 Å². The van der Waals surface area contributed by atoms with Crippen LogP contribution in [-0.4, -0.2) is 22.8 Å². The number of carbonyl (C=O) groups is 1. The van der Waals surface area contributed by atoms with Crippen LogP contribution in [0.3, 0.4) is 0 Å². The zero-order chi connectivity index (χ0) is 18.4. The Morgan fingerprint density at radius 1 is 1.27 bits per heavy atom. The Morgan fingerprint density at radius 2 is 2.12 bits per heavy atom. The van der Waals surface area contributed by atoms with Gasteiger partial charge in [0.2, 0.25) is 0 Å². The Labute approximate surface area is 150 Å². The van der Waals surface area contributed by atoms with Crippen molar-refractivity contribution in [2.24, 2.45) is 0 Å². The van der Waals surface area contributed by atoms with E-state index in [9.17, 15) is 9.18 Å². The molecule has 0 saturated carbocycles. The Balaban J connectivity index is 1.69. The number of hydrogen-bond donors (Lipinski definition) is 3. The molecule has 1 heterocycles. The highest BCUT2D eigenvalue weighted by Crippen LogP contribution is 2.26. The Kier molecular flexibility index (Phi) is 5.68. The van der Waals surface area contributed by atoms with E-state index >= 15 is 0 Å². The van der Waals surface area contributed by atoms with Gasteiger partial charge in [-0.2, -0.15) is 5.10 Å². The van der Waals surface area contributed by atoms with Crippen LogP contribution in [0.2, 0.25) is 0 Å². The number of carbonyl (C=O) groups excluding carboxylic acids is 1. The highest BCUT2D eigenvalue weighted by atomic mass is 19.1. The standard InChI is InChI=1S/C19H21FN4O2/c1-2-3-10-21-19(25)22-18-15-11-14(8-9-17(15)23-24-18)26-12-13-6-4-5-7-16(13)20/h4-9,11H,2-3,10,12H2,1H3,(H3,21,22,23,24,25). The third kappa shape index (κ3) is 4.30. The number of nitrogens with one attached hydrogen (secondary N) is 3. The van der Waals surface area contributed by atoms with Crippen molar-refractivity contribution in [1.29, 1.82) is 0 Å². The summed E-state index contributed by atoms with van der Waals surface area (Å²) in [6, 6.07) is 11.5. The third-order valence-corrected chi connectivity index (χ3v) is 3.93. The summed E-state index contributed by atoms with van der Waals surface area (Å²) in [7, 11) is 0. The van der Waals surface area contributed by atoms with E-state index in [0.29, 0.717) is 23.7 Å². The molecule has 0 bridgehead atoms. The van der Waals surface area contributed by atoms with Crippen molar-refractivity contribution in [1.82, 2.24) is 15.5 Å². The van der Waals surface area contributed by atoms with E-state index in [1.165, 1.54) is 6.07 Å². The number of unbranched alkanes of at least 4 members (excludes halogenated alkanes) is 1. The number of benzene rings is 2. The summed E-state index contributed by atoms with van der Waals surface area (Å²) in [6.07, 6.45) is 1.93. The smallest absolute Gasteiger partial charge is 0.320 e. The molecule has 2 amide bonds. The van der Waals surface area contributed by atoms with Crippen LogP contribution >= 0.6 is 0 Å². The third-order valence-electron chi connectivity index (χ3n) is 3.93. The molecule has 1 aromatic heterocycles. The first-order valence-corrected chi connectivity index (χ1v) is 8.56. The number of aromatic nitrogens is 2. The maximum Gasteiger partial charge on any atom is 0.320 e. The first-order valence-electron chi connectivity index (χ1n) is 8.56. The molecule has 3 rings (SSSR count). The van der Waals surface area contributed by atoms with Gasteiger partial charge in [0.1, 0.15) is 18.2 Å². The molecule has 136 valence electrons. The summed E-state index contributed by atoms with van der Waals surface area (Å²) >= 11 is 0. The molecule has 0 atom stereocenters. The topological polar surface area (TPSA) is 79.0 Å². The summed E-state index contributed by atoms with van der Waals surface area (Å²) in [5, 5.41) is 13.2. The minimum atomic E-state index is -0.303. The van der Waals surface area contributed by atoms with E-state index < -0.39 is 0 Å². The average Bonchev–Trinajstić information content (AvgIpc) is 3.03. The molecule has 3 N–H and O–H groups in total. The molecule has 0 aliphatic rings. The number of aromatic amines is 1. The van der Waals surface area contributed by atoms with Crippen LogP contribution in [0, 0.1) is 5.82 Å². The number of nitrogens with zero attached hydrogens (tertiary/aromatic N) is 1. The van der Waals surface area contributed by atoms with E-state index in [-0.39, 0.29) is 18.5 Å². The summed E-state index contributed by atoms with van der Waals surface area (Å²) in [6.45, 7) is 2.79. The van der Waals surface area contributed by atoms with E-state index in [1.807, 2.05) is 0 Å². The molecular weight excluding hydrogens is 335 g/mol. The molecule has 0 saturated heterocycles. The molecule has 26 heavy (non-hydrogen) atoms. The van der Waals surface area contributed by atoms with Crippen LogP contribution in [0.25, 0.3) is 10.9 Å². The van der Waals surface area contributed by atoms with Crippen LogP contribution in [-0.2, 0) is 6.61 Å². The van der Waals surface area contributed by atoms with Crippen LogP contribution in [0.15, 0.2) is 42.5 Å². The number of amides is 2. The molecular formula is C19H21FN4O2. The molecule has 0 spiro atoms. The van der Waals surface area contributed by atoms with Crippen molar-refractivity contribution in [2.45, 2.75) is 26.4 Å². The summed E-state index contributed by atoms with van der Waals surface area (Å²) in [5.74, 6) is 0.685. The molecule has 0 unspecified atom stereocenters. The van der Waals surface area contributed by atoms with E-state index in [1.54, 1.807) is 36.4 Å². The van der Waals surface area contributed by atoms with Gasteiger partial charge in [0.25, 0.3) is 0 Å². The Morgan fingerprint density at radius 3 is 2.92 bits per heavy atom. The fraction of sp³-hybridized carbons (Fsp3) is 0.263. The maximum atomic E-state index is 13.7. The highest BCUT2D eigenvalue weighted by Gasteiger charge is 2.10. The quantitative estimate of drug-likeness (QED) is 0.555. The normalized spacial score (nSPS) is 10.7. The molecule has 7 heteroatoms. The lowest BCUT2D eigenvalue weighted by Gasteiger charge is -2.08. The second-order valence-electron chi connectivity index (χ2n) is 5.89. The second kappa shape index (κ2) is 8.33. The van der Waals surface area contributed by atoms with Gasteiger partial charge in [0.05, 0.1) is 5.52 Å². The van der Waals surface area contributed by atoms with Crippen LogP contribution in [0.5, 0.6) is 5.75 Å². The van der Waals surface area contributed by atoms with Crippen molar-refractivity contribution in [3.05, 3.63) is 53.8 Å². The van der Waals surface area contributed by atoms with Crippen LogP contribution in [0.1, 0.15) is 25.3 Å². The van der Waals surface area contributed by atoms with Crippen molar-refractivity contribution in [3.8, 4) is 5.75 Å². The van der Waals surface area contributed by atoms with Crippen molar-refractivity contribution in [2.75, 3.05) is 11.9 Å². The number of urea groups is 1. The van der Waals surface area contributed by atoms with Gasteiger partial charge >= 0.3 is 6.03 Å². The Hall–Kier alpha value is -3.09. The number of H-pyrrole nitrogens is 1. The van der Waals surface area contributed by atoms with Crippen molar-refractivity contribution < 1.29 is 13.9 Å². The monoisotopic (exact) mass is 356 g/mol. The number of fused-ring (bicyclic) bond motifs is 1. The van der Waals surface area contributed by atoms with Gasteiger partial charge in [-0.1, -0.05) is 31.5 Å². The second-order valence-corrected chi connectivity index (χ2v) is 5.89. The minimum absolute atomic E-state index is 0.121. The van der Waals surface area contributed by atoms with E-state index in [2.05, 4.69) is 27.8 Å². The summed E-state index contributed by atoms with van der Waals surface area (Å²) in [4.78, 5) is 11.9. The minimum Gasteiger partial charge on any atom is -0.489 e. The lowest BCUT2D eigenvalue weighted by atomic mass is 10.2. The van der Waals surface area contributed by atoms with Gasteiger partial charge in [-0.25, -0.2) is 9.18 Å². The molecule has 0 aliphatic heterocycles. The molecule has 0 aliphatic carbocycles. The van der Waals surface area contributed by atoms with Crippen molar-refractivity contribution in [3.63, 3.8) is 0 Å². The van der Waals surface area contributed by atoms with Gasteiger partial charge in [0.15, 0.2) is 5.82 Å². The average molecular weight is 356 g/mol. The summed E-state index contributed by atoms with van der Waals surface area (Å²) < 4.78 is 19.4. The van der Waals surface area contributed by atoms with Gasteiger partial charge < -0.3 is 10.1 Å².